The van der Waals surface area contributed by atoms with Gasteiger partial charge in [-0.15, -0.1) is 0 Å². The van der Waals surface area contributed by atoms with Gasteiger partial charge in [0.25, 0.3) is 5.56 Å². The van der Waals surface area contributed by atoms with E-state index in [0.717, 1.165) is 4.57 Å². The smallest absolute Gasteiger partial charge is 0.264 e. The number of rotatable bonds is 5. The Morgan fingerprint density at radius 2 is 2.13 bits per heavy atom. The Hall–Kier alpha value is -2.32. The van der Waals surface area contributed by atoms with Gasteiger partial charge in [-0.1, -0.05) is 12.1 Å². The van der Waals surface area contributed by atoms with Gasteiger partial charge in [-0.2, -0.15) is 0 Å². The summed E-state index contributed by atoms with van der Waals surface area (Å²) < 4.78 is 14.9. The summed E-state index contributed by atoms with van der Waals surface area (Å²) in [6, 6.07) is 5.83. The average Bonchev–Trinajstić information content (AvgIpc) is 2.47. The fourth-order valence-corrected chi connectivity index (χ4v) is 2.20. The molecule has 1 aromatic heterocycles. The average molecular weight is 336 g/mol. The molecule has 2 rings (SSSR count). The summed E-state index contributed by atoms with van der Waals surface area (Å²) >= 11 is 5.03. The molecule has 0 amide bonds. The molecule has 0 fully saturated rings. The highest BCUT2D eigenvalue weighted by molar-refractivity contribution is 7.71. The van der Waals surface area contributed by atoms with Crippen molar-refractivity contribution >= 4 is 18.4 Å². The number of aromatic hydroxyl groups is 1. The molecular weight excluding hydrogens is 319 g/mol. The van der Waals surface area contributed by atoms with E-state index in [0.29, 0.717) is 13.1 Å². The molecule has 0 spiro atoms. The third-order valence-electron chi connectivity index (χ3n) is 3.11. The van der Waals surface area contributed by atoms with E-state index in [1.807, 2.05) is 19.0 Å². The Balaban J connectivity index is 2.50. The van der Waals surface area contributed by atoms with Crippen molar-refractivity contribution in [3.05, 3.63) is 50.8 Å². The Morgan fingerprint density at radius 1 is 1.43 bits per heavy atom. The molecule has 1 aromatic carbocycles. The van der Waals surface area contributed by atoms with Gasteiger partial charge < -0.3 is 10.0 Å². The molecule has 0 saturated heterocycles. The van der Waals surface area contributed by atoms with Gasteiger partial charge in [0, 0.05) is 12.8 Å². The van der Waals surface area contributed by atoms with Crippen molar-refractivity contribution in [3.8, 4) is 11.6 Å². The molecule has 6 nitrogen and oxygen atoms in total. The van der Waals surface area contributed by atoms with E-state index >= 15 is 0 Å². The third-order valence-corrected chi connectivity index (χ3v) is 3.40. The molecule has 0 aliphatic carbocycles. The second kappa shape index (κ2) is 7.30. The van der Waals surface area contributed by atoms with Crippen molar-refractivity contribution in [2.45, 2.75) is 0 Å². The number of hydrogen-bond donors (Lipinski definition) is 2. The van der Waals surface area contributed by atoms with Crippen LogP contribution in [0.25, 0.3) is 5.69 Å². The summed E-state index contributed by atoms with van der Waals surface area (Å²) in [6.07, 6.45) is 1.27. The second-order valence-electron chi connectivity index (χ2n) is 5.12. The van der Waals surface area contributed by atoms with Crippen molar-refractivity contribution in [1.82, 2.24) is 14.5 Å². The van der Waals surface area contributed by atoms with Crippen LogP contribution in [-0.4, -0.2) is 53.0 Å². The van der Waals surface area contributed by atoms with Crippen LogP contribution in [0.3, 0.4) is 0 Å². The number of aromatic amines is 1. The van der Waals surface area contributed by atoms with Crippen molar-refractivity contribution < 1.29 is 9.50 Å². The summed E-state index contributed by atoms with van der Waals surface area (Å²) in [6.45, 7) is 1.16. The molecule has 122 valence electrons. The first kappa shape index (κ1) is 17.0. The number of halogens is 1. The minimum atomic E-state index is -0.575. The van der Waals surface area contributed by atoms with Crippen LogP contribution in [0.1, 0.15) is 5.56 Å². The number of nitrogens with one attached hydrogen (secondary N) is 1. The first-order valence-electron chi connectivity index (χ1n) is 6.89. The minimum absolute atomic E-state index is 0.0502. The van der Waals surface area contributed by atoms with E-state index in [1.165, 1.54) is 24.4 Å². The van der Waals surface area contributed by atoms with E-state index in [1.54, 1.807) is 6.07 Å². The second-order valence-corrected chi connectivity index (χ2v) is 5.51. The Labute approximate surface area is 137 Å². The largest absolute Gasteiger partial charge is 0.494 e. The van der Waals surface area contributed by atoms with Crippen molar-refractivity contribution in [3.63, 3.8) is 0 Å². The minimum Gasteiger partial charge on any atom is -0.494 e. The molecule has 0 bridgehead atoms. The van der Waals surface area contributed by atoms with E-state index in [9.17, 15) is 14.3 Å². The fraction of sp³-hybridized carbons (Fsp3) is 0.267. The molecule has 2 N–H and O–H groups in total. The van der Waals surface area contributed by atoms with Gasteiger partial charge in [0.05, 0.1) is 12.2 Å². The zero-order chi connectivity index (χ0) is 17.0. The summed E-state index contributed by atoms with van der Waals surface area (Å²) in [5, 5.41) is 10.3. The van der Waals surface area contributed by atoms with Gasteiger partial charge >= 0.3 is 0 Å². The van der Waals surface area contributed by atoms with E-state index in [2.05, 4.69) is 9.98 Å². The summed E-state index contributed by atoms with van der Waals surface area (Å²) in [5.74, 6) is -1.01. The standard InChI is InChI=1S/C15H17FN4O2S/c1-19(2)8-7-17-9-10-13(21)18-15(23)20(14(10)22)12-6-4-3-5-11(12)16/h3-6,9,22H,7-8H2,1-2H3,(H,18,21,23). The number of hydrogen-bond acceptors (Lipinski definition) is 5. The lowest BCUT2D eigenvalue weighted by molar-refractivity contribution is 0.420. The lowest BCUT2D eigenvalue weighted by Crippen LogP contribution is -2.19. The maximum absolute atomic E-state index is 14.0. The lowest BCUT2D eigenvalue weighted by Gasteiger charge is -2.11. The SMILES string of the molecule is CN(C)CCN=Cc1c(O)n(-c2ccccc2F)c(=S)[nH]c1=O. The number of nitrogens with zero attached hydrogens (tertiary/aromatic N) is 3. The van der Waals surface area contributed by atoms with Crippen LogP contribution in [0, 0.1) is 10.6 Å². The number of aliphatic imine (C=N–C) groups is 1. The first-order chi connectivity index (χ1) is 10.9. The number of aromatic nitrogens is 2. The van der Waals surface area contributed by atoms with Crippen LogP contribution in [0.2, 0.25) is 0 Å². The molecule has 0 unspecified atom stereocenters. The number of benzene rings is 1. The predicted molar refractivity (Wildman–Crippen MR) is 89.9 cm³/mol. The molecule has 2 aromatic rings. The first-order valence-corrected chi connectivity index (χ1v) is 7.30. The van der Waals surface area contributed by atoms with E-state index in [4.69, 9.17) is 12.2 Å². The van der Waals surface area contributed by atoms with E-state index in [-0.39, 0.29) is 16.0 Å². The molecule has 0 radical (unpaired) electrons. The number of H-pyrrole nitrogens is 1. The number of para-hydroxylation sites is 1. The number of likely N-dealkylation sites (N-methyl/N-ethyl adjacent to an activating group) is 1. The monoisotopic (exact) mass is 336 g/mol. The van der Waals surface area contributed by atoms with Crippen LogP contribution in [0.5, 0.6) is 5.88 Å². The van der Waals surface area contributed by atoms with Crippen LogP contribution in [-0.2, 0) is 0 Å². The quantitative estimate of drug-likeness (QED) is 0.644. The molecule has 8 heteroatoms. The molecule has 0 atom stereocenters. The summed E-state index contributed by atoms with van der Waals surface area (Å²) in [4.78, 5) is 20.4. The van der Waals surface area contributed by atoms with Crippen molar-refractivity contribution in [2.24, 2.45) is 4.99 Å². The van der Waals surface area contributed by atoms with E-state index < -0.39 is 17.3 Å². The maximum atomic E-state index is 14.0. The topological polar surface area (TPSA) is 73.6 Å². The van der Waals surface area contributed by atoms with Crippen molar-refractivity contribution in [1.29, 1.82) is 0 Å². The third kappa shape index (κ3) is 3.91. The van der Waals surface area contributed by atoms with Crippen LogP contribution in [0.4, 0.5) is 4.39 Å². The van der Waals surface area contributed by atoms with Gasteiger partial charge in [0.15, 0.2) is 4.77 Å². The van der Waals surface area contributed by atoms with Crippen LogP contribution < -0.4 is 5.56 Å². The van der Waals surface area contributed by atoms with Crippen molar-refractivity contribution in [2.75, 3.05) is 27.2 Å². The molecule has 23 heavy (non-hydrogen) atoms. The highest BCUT2D eigenvalue weighted by atomic mass is 32.1. The van der Waals surface area contributed by atoms with Crippen LogP contribution in [0.15, 0.2) is 34.1 Å². The van der Waals surface area contributed by atoms with Gasteiger partial charge in [-0.3, -0.25) is 19.3 Å². The Morgan fingerprint density at radius 3 is 2.78 bits per heavy atom. The zero-order valence-corrected chi connectivity index (χ0v) is 13.6. The van der Waals surface area contributed by atoms with Crippen LogP contribution >= 0.6 is 12.2 Å². The van der Waals surface area contributed by atoms with Gasteiger partial charge in [-0.25, -0.2) is 4.39 Å². The molecule has 0 aliphatic rings. The predicted octanol–water partition coefficient (Wildman–Crippen LogP) is 1.72. The maximum Gasteiger partial charge on any atom is 0.264 e. The van der Waals surface area contributed by atoms with Gasteiger partial charge in [0.2, 0.25) is 5.88 Å². The van der Waals surface area contributed by atoms with Gasteiger partial charge in [-0.05, 0) is 38.4 Å². The zero-order valence-electron chi connectivity index (χ0n) is 12.8. The fourth-order valence-electron chi connectivity index (χ4n) is 1.93. The summed E-state index contributed by atoms with van der Waals surface area (Å²) in [7, 11) is 3.80. The molecule has 0 saturated carbocycles. The Kier molecular flexibility index (Phi) is 5.41. The highest BCUT2D eigenvalue weighted by Crippen LogP contribution is 2.20. The highest BCUT2D eigenvalue weighted by Gasteiger charge is 2.14. The Bertz CT molecular complexity index is 842. The molecular formula is C15H17FN4O2S. The lowest BCUT2D eigenvalue weighted by atomic mass is 10.2. The molecule has 0 aliphatic heterocycles. The van der Waals surface area contributed by atoms with Gasteiger partial charge in [0.1, 0.15) is 11.4 Å². The molecule has 1 heterocycles. The normalized spacial score (nSPS) is 11.5. The summed E-state index contributed by atoms with van der Waals surface area (Å²) in [5.41, 5.74) is -0.594.